The quantitative estimate of drug-likeness (QED) is 0.833. The van der Waals surface area contributed by atoms with E-state index in [9.17, 15) is 13.6 Å². The highest BCUT2D eigenvalue weighted by Gasteiger charge is 2.05. The summed E-state index contributed by atoms with van der Waals surface area (Å²) in [6.45, 7) is 2.22. The third-order valence-electron chi connectivity index (χ3n) is 2.62. The number of hydrogen-bond donors (Lipinski definition) is 2. The first kappa shape index (κ1) is 14.7. The fourth-order valence-electron chi connectivity index (χ4n) is 1.76. The molecule has 2 aromatic rings. The van der Waals surface area contributed by atoms with E-state index in [1.165, 1.54) is 13.0 Å². The number of thioether (sulfide) groups is 1. The van der Waals surface area contributed by atoms with Gasteiger partial charge in [-0.2, -0.15) is 0 Å². The number of carbonyl (C=O) groups excluding carboxylic acids is 1. The van der Waals surface area contributed by atoms with Gasteiger partial charge in [-0.15, -0.1) is 0 Å². The molecule has 0 bridgehead atoms. The van der Waals surface area contributed by atoms with Crippen LogP contribution in [0.1, 0.15) is 18.2 Å². The van der Waals surface area contributed by atoms with E-state index < -0.39 is 11.6 Å². The highest BCUT2D eigenvalue weighted by atomic mass is 32.2. The second-order valence-corrected chi connectivity index (χ2v) is 5.54. The molecule has 0 radical (unpaired) electrons. The predicted octanol–water partition coefficient (Wildman–Crippen LogP) is 3.22. The van der Waals surface area contributed by atoms with Crippen LogP contribution in [-0.4, -0.2) is 10.1 Å². The van der Waals surface area contributed by atoms with Crippen molar-refractivity contribution in [3.8, 4) is 0 Å². The summed E-state index contributed by atoms with van der Waals surface area (Å²) in [7, 11) is 0. The zero-order valence-corrected chi connectivity index (χ0v) is 11.7. The fraction of sp³-hybridized carbons (Fsp3) is 0.214. The van der Waals surface area contributed by atoms with Crippen LogP contribution in [0.25, 0.3) is 0 Å². The Morgan fingerprint density at radius 3 is 2.85 bits per heavy atom. The lowest BCUT2D eigenvalue weighted by atomic mass is 10.2. The van der Waals surface area contributed by atoms with Crippen LogP contribution in [-0.2, 0) is 17.9 Å². The molecule has 6 heteroatoms. The average molecular weight is 296 g/mol. The summed E-state index contributed by atoms with van der Waals surface area (Å²) in [5.74, 6) is -0.888. The third kappa shape index (κ3) is 4.18. The maximum atomic E-state index is 13.4. The standard InChI is InChI=1S/C14H14F2N2OS/c1-9(19)20-13-5-12(18-8-13)7-17-6-10-4-11(15)2-3-14(10)16/h2-5,8,17-18H,6-7H2,1H3. The zero-order valence-electron chi connectivity index (χ0n) is 10.9. The predicted molar refractivity (Wildman–Crippen MR) is 74.2 cm³/mol. The summed E-state index contributed by atoms with van der Waals surface area (Å²) in [5.41, 5.74) is 1.17. The van der Waals surface area contributed by atoms with Crippen molar-refractivity contribution in [2.24, 2.45) is 0 Å². The molecule has 0 fully saturated rings. The normalized spacial score (nSPS) is 10.8. The van der Waals surface area contributed by atoms with Gasteiger partial charge in [-0.1, -0.05) is 11.8 Å². The van der Waals surface area contributed by atoms with Crippen molar-refractivity contribution >= 4 is 16.9 Å². The summed E-state index contributed by atoms with van der Waals surface area (Å²) in [5, 5.41) is 3.04. The van der Waals surface area contributed by atoms with Crippen LogP contribution in [0.3, 0.4) is 0 Å². The molecular formula is C14H14F2N2OS. The number of aromatic amines is 1. The first-order valence-corrected chi connectivity index (χ1v) is 6.86. The smallest absolute Gasteiger partial charge is 0.190 e. The number of hydrogen-bond acceptors (Lipinski definition) is 3. The maximum Gasteiger partial charge on any atom is 0.190 e. The van der Waals surface area contributed by atoms with E-state index in [1.54, 1.807) is 6.20 Å². The molecule has 1 heterocycles. The van der Waals surface area contributed by atoms with E-state index in [1.807, 2.05) is 6.07 Å². The molecule has 106 valence electrons. The van der Waals surface area contributed by atoms with Crippen molar-refractivity contribution in [2.75, 3.05) is 0 Å². The van der Waals surface area contributed by atoms with Crippen LogP contribution in [0.5, 0.6) is 0 Å². The summed E-state index contributed by atoms with van der Waals surface area (Å²) in [6, 6.07) is 5.23. The number of benzene rings is 1. The van der Waals surface area contributed by atoms with E-state index in [2.05, 4.69) is 10.3 Å². The molecule has 0 spiro atoms. The minimum absolute atomic E-state index is 0.0188. The summed E-state index contributed by atoms with van der Waals surface area (Å²) >= 11 is 1.15. The zero-order chi connectivity index (χ0) is 14.5. The molecule has 2 N–H and O–H groups in total. The van der Waals surface area contributed by atoms with Crippen LogP contribution < -0.4 is 5.32 Å². The third-order valence-corrected chi connectivity index (χ3v) is 3.38. The second-order valence-electron chi connectivity index (χ2n) is 4.29. The second kappa shape index (κ2) is 6.67. The lowest BCUT2D eigenvalue weighted by Crippen LogP contribution is -2.14. The van der Waals surface area contributed by atoms with Gasteiger partial charge >= 0.3 is 0 Å². The number of carbonyl (C=O) groups is 1. The highest BCUT2D eigenvalue weighted by Crippen LogP contribution is 2.19. The van der Waals surface area contributed by atoms with Crippen molar-refractivity contribution in [3.63, 3.8) is 0 Å². The van der Waals surface area contributed by atoms with Crippen LogP contribution in [0.4, 0.5) is 8.78 Å². The van der Waals surface area contributed by atoms with Crippen LogP contribution in [0.15, 0.2) is 35.4 Å². The molecule has 1 aromatic heterocycles. The molecule has 0 aliphatic rings. The van der Waals surface area contributed by atoms with Crippen LogP contribution >= 0.6 is 11.8 Å². The monoisotopic (exact) mass is 296 g/mol. The van der Waals surface area contributed by atoms with Crippen molar-refractivity contribution in [1.29, 1.82) is 0 Å². The lowest BCUT2D eigenvalue weighted by molar-refractivity contribution is -0.109. The SMILES string of the molecule is CC(=O)Sc1c[nH]c(CNCc2cc(F)ccc2F)c1. The Balaban J connectivity index is 1.88. The van der Waals surface area contributed by atoms with Gasteiger partial charge in [-0.25, -0.2) is 8.78 Å². The number of nitrogens with one attached hydrogen (secondary N) is 2. The minimum Gasteiger partial charge on any atom is -0.363 e. The summed E-state index contributed by atoms with van der Waals surface area (Å²) in [6.07, 6.45) is 1.74. The molecule has 0 amide bonds. The fourth-order valence-corrected chi connectivity index (χ4v) is 2.41. The minimum atomic E-state index is -0.455. The van der Waals surface area contributed by atoms with Crippen molar-refractivity contribution in [1.82, 2.24) is 10.3 Å². The van der Waals surface area contributed by atoms with Gasteiger partial charge < -0.3 is 10.3 Å². The van der Waals surface area contributed by atoms with Crippen molar-refractivity contribution in [2.45, 2.75) is 24.9 Å². The first-order valence-electron chi connectivity index (χ1n) is 6.05. The van der Waals surface area contributed by atoms with Crippen molar-refractivity contribution in [3.05, 3.63) is 53.4 Å². The molecule has 0 saturated carbocycles. The van der Waals surface area contributed by atoms with Gasteiger partial charge in [-0.3, -0.25) is 4.79 Å². The Bertz CT molecular complexity index is 613. The van der Waals surface area contributed by atoms with E-state index in [-0.39, 0.29) is 17.2 Å². The average Bonchev–Trinajstić information content (AvgIpc) is 2.80. The van der Waals surface area contributed by atoms with E-state index in [4.69, 9.17) is 0 Å². The molecule has 0 aliphatic carbocycles. The Morgan fingerprint density at radius 1 is 1.30 bits per heavy atom. The Kier molecular flexibility index (Phi) is 4.92. The van der Waals surface area contributed by atoms with E-state index in [0.717, 1.165) is 34.5 Å². The first-order chi connectivity index (χ1) is 9.54. The maximum absolute atomic E-state index is 13.4. The molecule has 2 rings (SSSR count). The van der Waals surface area contributed by atoms with Gasteiger partial charge in [0.2, 0.25) is 0 Å². The van der Waals surface area contributed by atoms with Gasteiger partial charge in [0, 0.05) is 42.4 Å². The molecule has 0 saturated heterocycles. The molecule has 1 aromatic carbocycles. The molecule has 0 unspecified atom stereocenters. The number of H-pyrrole nitrogens is 1. The van der Waals surface area contributed by atoms with E-state index in [0.29, 0.717) is 6.54 Å². The largest absolute Gasteiger partial charge is 0.363 e. The summed E-state index contributed by atoms with van der Waals surface area (Å²) in [4.78, 5) is 14.8. The molecule has 0 aliphatic heterocycles. The Morgan fingerprint density at radius 2 is 2.10 bits per heavy atom. The summed E-state index contributed by atoms with van der Waals surface area (Å²) < 4.78 is 26.4. The molecule has 3 nitrogen and oxygen atoms in total. The van der Waals surface area contributed by atoms with E-state index >= 15 is 0 Å². The van der Waals surface area contributed by atoms with Gasteiger partial charge in [0.15, 0.2) is 5.12 Å². The van der Waals surface area contributed by atoms with Crippen molar-refractivity contribution < 1.29 is 13.6 Å². The van der Waals surface area contributed by atoms with Crippen LogP contribution in [0, 0.1) is 11.6 Å². The van der Waals surface area contributed by atoms with Gasteiger partial charge in [0.25, 0.3) is 0 Å². The topological polar surface area (TPSA) is 44.9 Å². The van der Waals surface area contributed by atoms with Gasteiger partial charge in [0.1, 0.15) is 11.6 Å². The molecular weight excluding hydrogens is 282 g/mol. The number of halogens is 2. The number of aromatic nitrogens is 1. The molecule has 0 atom stereocenters. The van der Waals surface area contributed by atoms with Crippen LogP contribution in [0.2, 0.25) is 0 Å². The lowest BCUT2D eigenvalue weighted by Gasteiger charge is -2.05. The number of rotatable bonds is 5. The van der Waals surface area contributed by atoms with Gasteiger partial charge in [0.05, 0.1) is 0 Å². The Labute approximate surface area is 119 Å². The van der Waals surface area contributed by atoms with Gasteiger partial charge in [-0.05, 0) is 24.3 Å². The molecule has 20 heavy (non-hydrogen) atoms. The highest BCUT2D eigenvalue weighted by molar-refractivity contribution is 8.13. The Hall–Kier alpha value is -1.66.